The van der Waals surface area contributed by atoms with Crippen molar-refractivity contribution in [3.63, 3.8) is 0 Å². The van der Waals surface area contributed by atoms with Crippen molar-refractivity contribution in [1.29, 1.82) is 0 Å². The molecule has 10 nitrogen and oxygen atoms in total. The first kappa shape index (κ1) is 24.3. The summed E-state index contributed by atoms with van der Waals surface area (Å²) in [6.07, 6.45) is 9.01. The Morgan fingerprint density at radius 1 is 1.22 bits per heavy atom. The highest BCUT2D eigenvalue weighted by Crippen LogP contribution is 2.37. The average molecular weight is 494 g/mol. The molecule has 192 valence electrons. The number of amides is 2. The number of carbonyl (C=O) groups is 2. The third kappa shape index (κ3) is 5.09. The van der Waals surface area contributed by atoms with Crippen molar-refractivity contribution >= 4 is 35.0 Å². The van der Waals surface area contributed by atoms with Crippen molar-refractivity contribution < 1.29 is 14.3 Å². The largest absolute Gasteiger partial charge is 0.495 e. The zero-order chi connectivity index (χ0) is 25.1. The number of ether oxygens (including phenoxy) is 1. The van der Waals surface area contributed by atoms with Crippen LogP contribution in [0.5, 0.6) is 5.75 Å². The molecule has 2 amide bonds. The number of hydrogen-bond acceptors (Lipinski definition) is 8. The van der Waals surface area contributed by atoms with Gasteiger partial charge in [-0.25, -0.2) is 4.98 Å². The second-order valence-corrected chi connectivity index (χ2v) is 9.78. The number of nitrogens with zero attached hydrogens (tertiary/aromatic N) is 4. The molecule has 1 aromatic carbocycles. The van der Waals surface area contributed by atoms with Gasteiger partial charge in [0, 0.05) is 44.2 Å². The molecule has 1 saturated carbocycles. The molecule has 3 aliphatic rings. The Kier molecular flexibility index (Phi) is 7.22. The fraction of sp³-hybridized carbons (Fsp3) is 0.538. The molecular weight excluding hydrogens is 458 g/mol. The summed E-state index contributed by atoms with van der Waals surface area (Å²) in [6.45, 7) is 2.27. The molecule has 1 saturated heterocycles. The van der Waals surface area contributed by atoms with Crippen LogP contribution in [0, 0.1) is 0 Å². The maximum Gasteiger partial charge on any atom is 0.251 e. The van der Waals surface area contributed by atoms with Crippen LogP contribution in [-0.2, 0) is 4.79 Å². The first-order valence-electron chi connectivity index (χ1n) is 12.9. The van der Waals surface area contributed by atoms with Gasteiger partial charge in [-0.05, 0) is 50.4 Å². The molecule has 5 rings (SSSR count). The molecule has 2 fully saturated rings. The van der Waals surface area contributed by atoms with Gasteiger partial charge in [0.1, 0.15) is 11.4 Å². The molecule has 0 unspecified atom stereocenters. The van der Waals surface area contributed by atoms with Gasteiger partial charge < -0.3 is 30.5 Å². The van der Waals surface area contributed by atoms with Gasteiger partial charge in [-0.15, -0.1) is 0 Å². The summed E-state index contributed by atoms with van der Waals surface area (Å²) in [7, 11) is 3.36. The van der Waals surface area contributed by atoms with Crippen molar-refractivity contribution in [3.05, 3.63) is 30.0 Å². The van der Waals surface area contributed by atoms with E-state index < -0.39 is 0 Å². The summed E-state index contributed by atoms with van der Waals surface area (Å²) < 4.78 is 5.58. The fourth-order valence-corrected chi connectivity index (χ4v) is 5.38. The number of hydrogen-bond donors (Lipinski definition) is 3. The maximum absolute atomic E-state index is 12.7. The number of anilines is 4. The highest BCUT2D eigenvalue weighted by atomic mass is 16.5. The van der Waals surface area contributed by atoms with Crippen molar-refractivity contribution in [2.75, 3.05) is 48.9 Å². The number of aromatic nitrogens is 2. The highest BCUT2D eigenvalue weighted by molar-refractivity contribution is 5.97. The number of methoxy groups -OCH3 is 1. The summed E-state index contributed by atoms with van der Waals surface area (Å²) in [5.41, 5.74) is 1.92. The molecule has 2 aromatic rings. The molecule has 0 radical (unpaired) electrons. The third-order valence-electron chi connectivity index (χ3n) is 7.47. The van der Waals surface area contributed by atoms with E-state index in [0.29, 0.717) is 54.5 Å². The Hall–Kier alpha value is -3.40. The van der Waals surface area contributed by atoms with E-state index in [2.05, 4.69) is 25.8 Å². The number of rotatable bonds is 7. The number of benzene rings is 1. The molecule has 36 heavy (non-hydrogen) atoms. The van der Waals surface area contributed by atoms with Gasteiger partial charge in [0.2, 0.25) is 11.9 Å². The van der Waals surface area contributed by atoms with Gasteiger partial charge in [-0.2, -0.15) is 4.98 Å². The molecule has 1 atom stereocenters. The molecule has 1 aliphatic carbocycles. The summed E-state index contributed by atoms with van der Waals surface area (Å²) in [4.78, 5) is 38.5. The first-order valence-corrected chi connectivity index (χ1v) is 12.9. The third-order valence-corrected chi connectivity index (χ3v) is 7.47. The lowest BCUT2D eigenvalue weighted by atomic mass is 10.1. The van der Waals surface area contributed by atoms with E-state index in [1.807, 2.05) is 0 Å². The SMILES string of the molecule is COc1cc(C(=O)NC[C@@H]2CCCN2)ccc1Nc1ncc2c(n1)N(C1CCCC1)CCC(=O)N2C. The van der Waals surface area contributed by atoms with Gasteiger partial charge in [0.05, 0.1) is 19.0 Å². The van der Waals surface area contributed by atoms with Crippen molar-refractivity contribution in [2.24, 2.45) is 0 Å². The predicted octanol–water partition coefficient (Wildman–Crippen LogP) is 2.83. The lowest BCUT2D eigenvalue weighted by Gasteiger charge is -2.30. The van der Waals surface area contributed by atoms with Crippen LogP contribution in [0.4, 0.5) is 23.1 Å². The zero-order valence-electron chi connectivity index (χ0n) is 21.0. The van der Waals surface area contributed by atoms with E-state index >= 15 is 0 Å². The molecular formula is C26H35N7O3. The topological polar surface area (TPSA) is 112 Å². The summed E-state index contributed by atoms with van der Waals surface area (Å²) in [5, 5.41) is 9.64. The Balaban J connectivity index is 1.36. The van der Waals surface area contributed by atoms with Crippen LogP contribution in [0.25, 0.3) is 0 Å². The normalized spacial score (nSPS) is 20.3. The van der Waals surface area contributed by atoms with Gasteiger partial charge in [-0.3, -0.25) is 9.59 Å². The predicted molar refractivity (Wildman–Crippen MR) is 139 cm³/mol. The van der Waals surface area contributed by atoms with Crippen LogP contribution >= 0.6 is 0 Å². The standard InChI is InChI=1S/C26H35N7O3/c1-32-21-16-29-26(31-24(21)33(13-11-23(32)34)19-7-3-4-8-19)30-20-10-9-17(14-22(20)36-2)25(35)28-15-18-6-5-12-27-18/h9-10,14,16,18-19,27H,3-8,11-13,15H2,1-2H3,(H,28,35)(H,29,30,31)/t18-/m0/s1. The lowest BCUT2D eigenvalue weighted by molar-refractivity contribution is -0.118. The highest BCUT2D eigenvalue weighted by Gasteiger charge is 2.31. The van der Waals surface area contributed by atoms with E-state index in [1.54, 1.807) is 43.5 Å². The van der Waals surface area contributed by atoms with Gasteiger partial charge >= 0.3 is 0 Å². The molecule has 3 heterocycles. The van der Waals surface area contributed by atoms with E-state index in [-0.39, 0.29) is 11.8 Å². The zero-order valence-corrected chi connectivity index (χ0v) is 21.0. The van der Waals surface area contributed by atoms with E-state index in [9.17, 15) is 9.59 Å². The first-order chi connectivity index (χ1) is 17.5. The van der Waals surface area contributed by atoms with Gasteiger partial charge in [0.25, 0.3) is 5.91 Å². The van der Waals surface area contributed by atoms with Gasteiger partial charge in [-0.1, -0.05) is 12.8 Å². The van der Waals surface area contributed by atoms with Gasteiger partial charge in [0.15, 0.2) is 5.82 Å². The van der Waals surface area contributed by atoms with Crippen LogP contribution in [0.2, 0.25) is 0 Å². The Labute approximate surface area is 211 Å². The average Bonchev–Trinajstić information content (AvgIpc) is 3.60. The van der Waals surface area contributed by atoms with Crippen LogP contribution in [0.15, 0.2) is 24.4 Å². The van der Waals surface area contributed by atoms with E-state index in [1.165, 1.54) is 12.8 Å². The molecule has 10 heteroatoms. The quantitative estimate of drug-likeness (QED) is 0.540. The minimum absolute atomic E-state index is 0.0697. The molecule has 0 spiro atoms. The Morgan fingerprint density at radius 2 is 2.06 bits per heavy atom. The minimum Gasteiger partial charge on any atom is -0.495 e. The summed E-state index contributed by atoms with van der Waals surface area (Å²) in [6, 6.07) is 6.02. The number of fused-ring (bicyclic) bond motifs is 1. The number of nitrogens with one attached hydrogen (secondary N) is 3. The molecule has 0 bridgehead atoms. The lowest BCUT2D eigenvalue weighted by Crippen LogP contribution is -2.37. The summed E-state index contributed by atoms with van der Waals surface area (Å²) in [5.74, 6) is 1.67. The van der Waals surface area contributed by atoms with E-state index in [0.717, 1.165) is 43.7 Å². The number of carbonyl (C=O) groups excluding carboxylic acids is 2. The second-order valence-electron chi connectivity index (χ2n) is 9.78. The molecule has 3 N–H and O–H groups in total. The van der Waals surface area contributed by atoms with Crippen LogP contribution in [-0.4, -0.2) is 67.7 Å². The molecule has 2 aliphatic heterocycles. The summed E-state index contributed by atoms with van der Waals surface area (Å²) >= 11 is 0. The van der Waals surface area contributed by atoms with Crippen molar-refractivity contribution in [2.45, 2.75) is 57.0 Å². The van der Waals surface area contributed by atoms with Crippen LogP contribution in [0.1, 0.15) is 55.3 Å². The Morgan fingerprint density at radius 3 is 2.81 bits per heavy atom. The fourth-order valence-electron chi connectivity index (χ4n) is 5.38. The maximum atomic E-state index is 12.7. The van der Waals surface area contributed by atoms with E-state index in [4.69, 9.17) is 9.72 Å². The van der Waals surface area contributed by atoms with Crippen molar-refractivity contribution in [1.82, 2.24) is 20.6 Å². The minimum atomic E-state index is -0.130. The second kappa shape index (κ2) is 10.7. The Bertz CT molecular complexity index is 1110. The van der Waals surface area contributed by atoms with Crippen molar-refractivity contribution in [3.8, 4) is 5.75 Å². The van der Waals surface area contributed by atoms with Crippen LogP contribution in [0.3, 0.4) is 0 Å². The van der Waals surface area contributed by atoms with Crippen LogP contribution < -0.4 is 30.5 Å². The monoisotopic (exact) mass is 493 g/mol. The smallest absolute Gasteiger partial charge is 0.251 e. The molecule has 1 aromatic heterocycles.